The summed E-state index contributed by atoms with van der Waals surface area (Å²) in [6.07, 6.45) is 7.19. The molecule has 2 aromatic rings. The summed E-state index contributed by atoms with van der Waals surface area (Å²) in [4.78, 5) is 15.0. The van der Waals surface area contributed by atoms with Crippen LogP contribution in [0.4, 0.5) is 5.69 Å². The van der Waals surface area contributed by atoms with Crippen molar-refractivity contribution < 1.29 is 17.9 Å². The molecule has 0 radical (unpaired) electrons. The SMILES string of the molecule is CC(C)N(C(=O)CCc1cccc(OC2CCCC2)c1)c1ccc(S(C)(=O)=O)cc1. The molecule has 162 valence electrons. The maximum atomic E-state index is 13.0. The second-order valence-electron chi connectivity index (χ2n) is 8.30. The van der Waals surface area contributed by atoms with Gasteiger partial charge in [0.2, 0.25) is 5.91 Å². The van der Waals surface area contributed by atoms with E-state index < -0.39 is 9.84 Å². The number of amides is 1. The number of sulfone groups is 1. The number of anilines is 1. The van der Waals surface area contributed by atoms with Crippen LogP contribution in [0.15, 0.2) is 53.4 Å². The molecular weight excluding hydrogens is 398 g/mol. The summed E-state index contributed by atoms with van der Waals surface area (Å²) in [7, 11) is -3.26. The van der Waals surface area contributed by atoms with Crippen LogP contribution in [0.25, 0.3) is 0 Å². The molecule has 0 aromatic heterocycles. The van der Waals surface area contributed by atoms with Crippen LogP contribution in [-0.4, -0.2) is 32.7 Å². The topological polar surface area (TPSA) is 63.7 Å². The quantitative estimate of drug-likeness (QED) is 0.605. The van der Waals surface area contributed by atoms with Gasteiger partial charge in [-0.2, -0.15) is 0 Å². The first-order chi connectivity index (χ1) is 14.2. The molecule has 6 heteroatoms. The average molecular weight is 430 g/mol. The van der Waals surface area contributed by atoms with E-state index >= 15 is 0 Å². The Kier molecular flexibility index (Phi) is 7.19. The van der Waals surface area contributed by atoms with E-state index in [-0.39, 0.29) is 16.8 Å². The minimum absolute atomic E-state index is 0.0132. The highest BCUT2D eigenvalue weighted by molar-refractivity contribution is 7.90. The van der Waals surface area contributed by atoms with E-state index in [1.165, 1.54) is 19.1 Å². The first-order valence-corrected chi connectivity index (χ1v) is 12.5. The lowest BCUT2D eigenvalue weighted by Crippen LogP contribution is -2.37. The smallest absolute Gasteiger partial charge is 0.227 e. The van der Waals surface area contributed by atoms with Gasteiger partial charge in [0, 0.05) is 24.4 Å². The third kappa shape index (κ3) is 5.85. The summed E-state index contributed by atoms with van der Waals surface area (Å²) in [5, 5.41) is 0. The Labute approximate surface area is 180 Å². The molecule has 0 heterocycles. The zero-order valence-electron chi connectivity index (χ0n) is 18.0. The van der Waals surface area contributed by atoms with Crippen molar-refractivity contribution in [3.05, 3.63) is 54.1 Å². The Balaban J connectivity index is 1.65. The molecule has 2 aromatic carbocycles. The Morgan fingerprint density at radius 1 is 1.10 bits per heavy atom. The summed E-state index contributed by atoms with van der Waals surface area (Å²) < 4.78 is 29.4. The van der Waals surface area contributed by atoms with Gasteiger partial charge in [0.15, 0.2) is 9.84 Å². The number of carbonyl (C=O) groups is 1. The molecule has 1 saturated carbocycles. The molecule has 0 bridgehead atoms. The fraction of sp³-hybridized carbons (Fsp3) is 0.458. The lowest BCUT2D eigenvalue weighted by Gasteiger charge is -2.27. The van der Waals surface area contributed by atoms with Crippen LogP contribution in [0.5, 0.6) is 5.75 Å². The van der Waals surface area contributed by atoms with Crippen molar-refractivity contribution in [2.75, 3.05) is 11.2 Å². The van der Waals surface area contributed by atoms with Crippen molar-refractivity contribution in [1.29, 1.82) is 0 Å². The van der Waals surface area contributed by atoms with Crippen molar-refractivity contribution in [3.63, 3.8) is 0 Å². The zero-order chi connectivity index (χ0) is 21.7. The van der Waals surface area contributed by atoms with E-state index in [1.54, 1.807) is 29.2 Å². The number of carbonyl (C=O) groups excluding carboxylic acids is 1. The Morgan fingerprint density at radius 3 is 2.37 bits per heavy atom. The predicted molar refractivity (Wildman–Crippen MR) is 120 cm³/mol. The first-order valence-electron chi connectivity index (χ1n) is 10.6. The number of ether oxygens (including phenoxy) is 1. The van der Waals surface area contributed by atoms with Crippen LogP contribution < -0.4 is 9.64 Å². The molecule has 1 fully saturated rings. The largest absolute Gasteiger partial charge is 0.490 e. The molecule has 0 atom stereocenters. The Bertz CT molecular complexity index is 961. The third-order valence-electron chi connectivity index (χ3n) is 5.46. The van der Waals surface area contributed by atoms with Crippen molar-refractivity contribution in [1.82, 2.24) is 0 Å². The molecule has 3 rings (SSSR count). The highest BCUT2D eigenvalue weighted by atomic mass is 32.2. The van der Waals surface area contributed by atoms with Gasteiger partial charge in [0.25, 0.3) is 0 Å². The first kappa shape index (κ1) is 22.3. The molecule has 0 spiro atoms. The van der Waals surface area contributed by atoms with Crippen LogP contribution in [0.3, 0.4) is 0 Å². The van der Waals surface area contributed by atoms with Crippen molar-refractivity contribution >= 4 is 21.4 Å². The molecule has 5 nitrogen and oxygen atoms in total. The number of hydrogen-bond donors (Lipinski definition) is 0. The fourth-order valence-electron chi connectivity index (χ4n) is 3.93. The van der Waals surface area contributed by atoms with Gasteiger partial charge >= 0.3 is 0 Å². The van der Waals surface area contributed by atoms with Gasteiger partial charge < -0.3 is 9.64 Å². The number of nitrogens with zero attached hydrogens (tertiary/aromatic N) is 1. The number of rotatable bonds is 8. The highest BCUT2D eigenvalue weighted by Crippen LogP contribution is 2.25. The van der Waals surface area contributed by atoms with E-state index in [0.717, 1.165) is 24.2 Å². The van der Waals surface area contributed by atoms with Gasteiger partial charge in [-0.3, -0.25) is 4.79 Å². The van der Waals surface area contributed by atoms with E-state index in [1.807, 2.05) is 38.1 Å². The lowest BCUT2D eigenvalue weighted by molar-refractivity contribution is -0.118. The molecule has 0 aliphatic heterocycles. The Morgan fingerprint density at radius 2 is 1.77 bits per heavy atom. The zero-order valence-corrected chi connectivity index (χ0v) is 18.8. The number of hydrogen-bond acceptors (Lipinski definition) is 4. The molecule has 0 unspecified atom stereocenters. The normalized spacial score (nSPS) is 14.8. The van der Waals surface area contributed by atoms with Crippen molar-refractivity contribution in [2.24, 2.45) is 0 Å². The van der Waals surface area contributed by atoms with Crippen LogP contribution in [0.2, 0.25) is 0 Å². The summed E-state index contributed by atoms with van der Waals surface area (Å²) in [5.41, 5.74) is 1.79. The number of aryl methyl sites for hydroxylation is 1. The second-order valence-corrected chi connectivity index (χ2v) is 10.3. The standard InChI is InChI=1S/C24H31NO4S/c1-18(2)25(20-12-14-23(15-13-20)30(3,27)28)24(26)16-11-19-7-6-10-22(17-19)29-21-8-4-5-9-21/h6-7,10,12-15,17-18,21H,4-5,8-9,11,16H2,1-3H3. The third-order valence-corrected chi connectivity index (χ3v) is 6.59. The molecular formula is C24H31NO4S. The summed E-state index contributed by atoms with van der Waals surface area (Å²) in [6.45, 7) is 3.91. The van der Waals surface area contributed by atoms with Gasteiger partial charge in [0.05, 0.1) is 11.0 Å². The summed E-state index contributed by atoms with van der Waals surface area (Å²) in [5.74, 6) is 0.892. The fourth-order valence-corrected chi connectivity index (χ4v) is 4.56. The van der Waals surface area contributed by atoms with E-state index in [0.29, 0.717) is 24.6 Å². The van der Waals surface area contributed by atoms with Gasteiger partial charge in [-0.05, 0) is 87.9 Å². The van der Waals surface area contributed by atoms with Gasteiger partial charge in [-0.25, -0.2) is 8.42 Å². The average Bonchev–Trinajstić information content (AvgIpc) is 3.19. The van der Waals surface area contributed by atoms with Crippen LogP contribution >= 0.6 is 0 Å². The second kappa shape index (κ2) is 9.65. The maximum Gasteiger partial charge on any atom is 0.227 e. The molecule has 0 N–H and O–H groups in total. The van der Waals surface area contributed by atoms with Gasteiger partial charge in [-0.1, -0.05) is 12.1 Å². The van der Waals surface area contributed by atoms with Crippen LogP contribution in [-0.2, 0) is 21.1 Å². The summed E-state index contributed by atoms with van der Waals surface area (Å²) in [6, 6.07) is 14.5. The van der Waals surface area contributed by atoms with Crippen LogP contribution in [0, 0.1) is 0 Å². The van der Waals surface area contributed by atoms with E-state index in [4.69, 9.17) is 4.74 Å². The Hall–Kier alpha value is -2.34. The molecule has 1 aliphatic carbocycles. The minimum atomic E-state index is -3.26. The summed E-state index contributed by atoms with van der Waals surface area (Å²) >= 11 is 0. The van der Waals surface area contributed by atoms with Crippen molar-refractivity contribution in [3.8, 4) is 5.75 Å². The molecule has 1 aliphatic rings. The van der Waals surface area contributed by atoms with E-state index in [2.05, 4.69) is 0 Å². The van der Waals surface area contributed by atoms with Gasteiger partial charge in [-0.15, -0.1) is 0 Å². The monoisotopic (exact) mass is 429 g/mol. The lowest BCUT2D eigenvalue weighted by atomic mass is 10.1. The number of benzene rings is 2. The predicted octanol–water partition coefficient (Wildman–Crippen LogP) is 4.79. The minimum Gasteiger partial charge on any atom is -0.490 e. The molecule has 30 heavy (non-hydrogen) atoms. The van der Waals surface area contributed by atoms with E-state index in [9.17, 15) is 13.2 Å². The highest BCUT2D eigenvalue weighted by Gasteiger charge is 2.20. The molecule has 1 amide bonds. The maximum absolute atomic E-state index is 13.0. The van der Waals surface area contributed by atoms with Crippen LogP contribution in [0.1, 0.15) is 51.5 Å². The molecule has 0 saturated heterocycles. The van der Waals surface area contributed by atoms with Gasteiger partial charge in [0.1, 0.15) is 5.75 Å². The van der Waals surface area contributed by atoms with Crippen molar-refractivity contribution in [2.45, 2.75) is 69.4 Å².